The van der Waals surface area contributed by atoms with Gasteiger partial charge in [-0.15, -0.1) is 0 Å². The Bertz CT molecular complexity index is 1060. The van der Waals surface area contributed by atoms with Gasteiger partial charge in [-0.3, -0.25) is 10.1 Å². The lowest BCUT2D eigenvalue weighted by Gasteiger charge is -2.36. The molecule has 188 valence electrons. The van der Waals surface area contributed by atoms with Crippen molar-refractivity contribution in [1.29, 1.82) is 0 Å². The molecule has 2 aromatic carbocycles. The third-order valence-corrected chi connectivity index (χ3v) is 13.0. The number of para-hydroxylation sites is 1. The average molecular weight is 507 g/mol. The second kappa shape index (κ2) is 11.6. The van der Waals surface area contributed by atoms with Gasteiger partial charge in [-0.05, 0) is 61.0 Å². The van der Waals surface area contributed by atoms with E-state index in [9.17, 15) is 18.5 Å². The fourth-order valence-electron chi connectivity index (χ4n) is 3.31. The van der Waals surface area contributed by atoms with Gasteiger partial charge in [0, 0.05) is 26.3 Å². The Morgan fingerprint density at radius 2 is 1.50 bits per heavy atom. The van der Waals surface area contributed by atoms with E-state index in [2.05, 4.69) is 58.1 Å². The highest BCUT2D eigenvalue weighted by Gasteiger charge is 2.36. The standard InChI is InChI=1S/C25H38N2O5SSi/c1-25(2,3)34(5,6)32-20-10-12-22-17-15-21(16-18-22)11-9-19-26(4)33(30,31)24-14-8-7-13-23(24)27(28)29/h7-8,13-18H,9-12,19-20H2,1-6H3. The monoisotopic (exact) mass is 506 g/mol. The van der Waals surface area contributed by atoms with E-state index in [0.29, 0.717) is 6.42 Å². The van der Waals surface area contributed by atoms with Crippen LogP contribution in [0.4, 0.5) is 5.69 Å². The molecule has 9 heteroatoms. The number of aryl methyl sites for hydroxylation is 2. The molecular formula is C25H38N2O5SSi. The number of rotatable bonds is 12. The summed E-state index contributed by atoms with van der Waals surface area (Å²) in [6.07, 6.45) is 3.30. The summed E-state index contributed by atoms with van der Waals surface area (Å²) in [6, 6.07) is 13.9. The second-order valence-corrected chi connectivity index (χ2v) is 17.0. The highest BCUT2D eigenvalue weighted by Crippen LogP contribution is 2.36. The van der Waals surface area contributed by atoms with Crippen molar-refractivity contribution in [3.63, 3.8) is 0 Å². The quantitative estimate of drug-likeness (QED) is 0.157. The number of nitrogens with zero attached hydrogens (tertiary/aromatic N) is 2. The molecule has 0 atom stereocenters. The normalized spacial score (nSPS) is 12.8. The van der Waals surface area contributed by atoms with Gasteiger partial charge in [0.25, 0.3) is 5.69 Å². The number of nitro groups is 1. The second-order valence-electron chi connectivity index (χ2n) is 10.2. The highest BCUT2D eigenvalue weighted by atomic mass is 32.2. The molecule has 0 aliphatic carbocycles. The van der Waals surface area contributed by atoms with E-state index >= 15 is 0 Å². The van der Waals surface area contributed by atoms with Gasteiger partial charge in [-0.25, -0.2) is 12.7 Å². The summed E-state index contributed by atoms with van der Waals surface area (Å²) in [6.45, 7) is 12.3. The number of nitro benzene ring substituents is 1. The average Bonchev–Trinajstić information content (AvgIpc) is 2.76. The van der Waals surface area contributed by atoms with Gasteiger partial charge in [-0.1, -0.05) is 57.2 Å². The maximum absolute atomic E-state index is 12.8. The van der Waals surface area contributed by atoms with Gasteiger partial charge in [0.1, 0.15) is 0 Å². The zero-order chi connectivity index (χ0) is 25.6. The number of sulfonamides is 1. The van der Waals surface area contributed by atoms with Gasteiger partial charge in [0.05, 0.1) is 4.92 Å². The molecule has 0 N–H and O–H groups in total. The summed E-state index contributed by atoms with van der Waals surface area (Å²) in [5, 5.41) is 11.4. The lowest BCUT2D eigenvalue weighted by molar-refractivity contribution is -0.387. The summed E-state index contributed by atoms with van der Waals surface area (Å²) in [5.41, 5.74) is 2.00. The minimum absolute atomic E-state index is 0.220. The zero-order valence-electron chi connectivity index (χ0n) is 21.2. The summed E-state index contributed by atoms with van der Waals surface area (Å²) in [5.74, 6) is 0. The fourth-order valence-corrected chi connectivity index (χ4v) is 5.76. The summed E-state index contributed by atoms with van der Waals surface area (Å²) in [7, 11) is -4.17. The first-order valence-electron chi connectivity index (χ1n) is 11.7. The fraction of sp³-hybridized carbons (Fsp3) is 0.520. The highest BCUT2D eigenvalue weighted by molar-refractivity contribution is 7.89. The molecular weight excluding hydrogens is 468 g/mol. The topological polar surface area (TPSA) is 89.8 Å². The first-order valence-corrected chi connectivity index (χ1v) is 16.0. The molecule has 0 aromatic heterocycles. The third-order valence-electron chi connectivity index (χ3n) is 6.59. The van der Waals surface area contributed by atoms with Crippen molar-refractivity contribution in [2.75, 3.05) is 20.2 Å². The maximum Gasteiger partial charge on any atom is 0.289 e. The summed E-state index contributed by atoms with van der Waals surface area (Å²) < 4.78 is 33.0. The van der Waals surface area contributed by atoms with Gasteiger partial charge in [0.15, 0.2) is 13.2 Å². The van der Waals surface area contributed by atoms with E-state index < -0.39 is 29.0 Å². The molecule has 7 nitrogen and oxygen atoms in total. The first-order chi connectivity index (χ1) is 15.8. The number of benzene rings is 2. The Labute approximate surface area is 205 Å². The van der Waals surface area contributed by atoms with E-state index in [-0.39, 0.29) is 16.5 Å². The predicted molar refractivity (Wildman–Crippen MR) is 139 cm³/mol. The Balaban J connectivity index is 1.83. The van der Waals surface area contributed by atoms with E-state index in [0.717, 1.165) is 31.4 Å². The van der Waals surface area contributed by atoms with Crippen LogP contribution in [-0.4, -0.2) is 46.2 Å². The Morgan fingerprint density at radius 3 is 2.03 bits per heavy atom. The Kier molecular flexibility index (Phi) is 9.59. The number of hydrogen-bond acceptors (Lipinski definition) is 5. The first kappa shape index (κ1) is 28.2. The van der Waals surface area contributed by atoms with E-state index in [1.54, 1.807) is 0 Å². The third kappa shape index (κ3) is 7.46. The summed E-state index contributed by atoms with van der Waals surface area (Å²) in [4.78, 5) is 10.3. The van der Waals surface area contributed by atoms with Crippen LogP contribution >= 0.6 is 0 Å². The van der Waals surface area contributed by atoms with Gasteiger partial charge in [-0.2, -0.15) is 0 Å². The Hall–Kier alpha value is -2.07. The van der Waals surface area contributed by atoms with Crippen LogP contribution in [0.2, 0.25) is 18.1 Å². The maximum atomic E-state index is 12.8. The minimum Gasteiger partial charge on any atom is -0.417 e. The van der Waals surface area contributed by atoms with Crippen molar-refractivity contribution in [3.05, 3.63) is 69.8 Å². The smallest absolute Gasteiger partial charge is 0.289 e. The van der Waals surface area contributed by atoms with Gasteiger partial charge < -0.3 is 4.43 Å². The molecule has 2 rings (SSSR count). The van der Waals surface area contributed by atoms with Crippen LogP contribution in [0.5, 0.6) is 0 Å². The van der Waals surface area contributed by atoms with Crippen molar-refractivity contribution in [2.24, 2.45) is 0 Å². The molecule has 0 saturated heterocycles. The van der Waals surface area contributed by atoms with Crippen LogP contribution < -0.4 is 0 Å². The zero-order valence-corrected chi connectivity index (χ0v) is 23.0. The number of hydrogen-bond donors (Lipinski definition) is 0. The lowest BCUT2D eigenvalue weighted by atomic mass is 10.0. The van der Waals surface area contributed by atoms with E-state index in [1.165, 1.54) is 41.2 Å². The molecule has 0 saturated carbocycles. The largest absolute Gasteiger partial charge is 0.417 e. The molecule has 0 aliphatic heterocycles. The van der Waals surface area contributed by atoms with Crippen molar-refractivity contribution < 1.29 is 17.8 Å². The lowest BCUT2D eigenvalue weighted by Crippen LogP contribution is -2.41. The van der Waals surface area contributed by atoms with Gasteiger partial charge >= 0.3 is 0 Å². The van der Waals surface area contributed by atoms with Crippen LogP contribution in [0.15, 0.2) is 53.4 Å². The summed E-state index contributed by atoms with van der Waals surface area (Å²) >= 11 is 0. The van der Waals surface area contributed by atoms with Crippen molar-refractivity contribution in [2.45, 2.75) is 69.5 Å². The van der Waals surface area contributed by atoms with Crippen LogP contribution in [-0.2, 0) is 27.3 Å². The molecule has 0 fully saturated rings. The molecule has 0 spiro atoms. The molecule has 0 bridgehead atoms. The molecule has 34 heavy (non-hydrogen) atoms. The van der Waals surface area contributed by atoms with Crippen LogP contribution in [0.1, 0.15) is 44.7 Å². The van der Waals surface area contributed by atoms with Gasteiger partial charge in [0.2, 0.25) is 10.0 Å². The molecule has 0 heterocycles. The molecule has 0 radical (unpaired) electrons. The van der Waals surface area contributed by atoms with Crippen molar-refractivity contribution in [3.8, 4) is 0 Å². The van der Waals surface area contributed by atoms with Crippen molar-refractivity contribution >= 4 is 24.0 Å². The Morgan fingerprint density at radius 1 is 0.971 bits per heavy atom. The molecule has 0 amide bonds. The van der Waals surface area contributed by atoms with Crippen LogP contribution in [0, 0.1) is 10.1 Å². The molecule has 2 aromatic rings. The predicted octanol–water partition coefficient (Wildman–Crippen LogP) is 5.80. The SMILES string of the molecule is CN(CCCc1ccc(CCCO[Si](C)(C)C(C)(C)C)cc1)S(=O)(=O)c1ccccc1[N+](=O)[O-]. The van der Waals surface area contributed by atoms with Crippen LogP contribution in [0.25, 0.3) is 0 Å². The molecule has 0 aliphatic rings. The minimum atomic E-state index is -3.93. The van der Waals surface area contributed by atoms with Crippen LogP contribution in [0.3, 0.4) is 0 Å². The van der Waals surface area contributed by atoms with E-state index in [4.69, 9.17) is 4.43 Å². The van der Waals surface area contributed by atoms with E-state index in [1.807, 2.05) is 0 Å². The molecule has 0 unspecified atom stereocenters. The van der Waals surface area contributed by atoms with Crippen molar-refractivity contribution in [1.82, 2.24) is 4.31 Å².